The van der Waals surface area contributed by atoms with Gasteiger partial charge in [-0.1, -0.05) is 0 Å². The van der Waals surface area contributed by atoms with Crippen molar-refractivity contribution in [1.29, 1.82) is 0 Å². The number of benzene rings is 1. The summed E-state index contributed by atoms with van der Waals surface area (Å²) in [6.45, 7) is 0. The van der Waals surface area contributed by atoms with Crippen LogP contribution < -0.4 is 16.4 Å². The Bertz CT molecular complexity index is 479. The van der Waals surface area contributed by atoms with E-state index in [4.69, 9.17) is 5.73 Å². The monoisotopic (exact) mass is 301 g/mol. The Hall–Kier alpha value is -1.76. The van der Waals surface area contributed by atoms with Gasteiger partial charge in [0.1, 0.15) is 0 Å². The van der Waals surface area contributed by atoms with Crippen molar-refractivity contribution >= 4 is 17.3 Å². The zero-order valence-corrected chi connectivity index (χ0v) is 11.4. The number of carbonyl (C=O) groups excluding carboxylic acids is 1. The predicted octanol–water partition coefficient (Wildman–Crippen LogP) is 2.87. The van der Waals surface area contributed by atoms with Gasteiger partial charge < -0.3 is 16.4 Å². The average Bonchev–Trinajstić information content (AvgIpc) is 2.42. The molecule has 0 radical (unpaired) electrons. The molecule has 0 bridgehead atoms. The molecule has 116 valence electrons. The molecule has 1 aromatic rings. The van der Waals surface area contributed by atoms with E-state index < -0.39 is 12.1 Å². The van der Waals surface area contributed by atoms with Crippen molar-refractivity contribution in [2.45, 2.75) is 43.9 Å². The first-order valence-electron chi connectivity index (χ1n) is 6.85. The van der Waals surface area contributed by atoms with E-state index in [0.29, 0.717) is 6.04 Å². The Balaban J connectivity index is 1.89. The lowest BCUT2D eigenvalue weighted by molar-refractivity contribution is -0.167. The van der Waals surface area contributed by atoms with E-state index in [-0.39, 0.29) is 11.7 Å². The van der Waals surface area contributed by atoms with Crippen LogP contribution in [0.25, 0.3) is 0 Å². The van der Waals surface area contributed by atoms with E-state index in [9.17, 15) is 18.0 Å². The highest BCUT2D eigenvalue weighted by atomic mass is 19.4. The maximum absolute atomic E-state index is 12.1. The molecule has 0 atom stereocenters. The molecule has 2 rings (SSSR count). The molecule has 1 aliphatic rings. The quantitative estimate of drug-likeness (QED) is 0.804. The van der Waals surface area contributed by atoms with E-state index >= 15 is 0 Å². The highest BCUT2D eigenvalue weighted by Gasteiger charge is 2.38. The number of amides is 1. The van der Waals surface area contributed by atoms with E-state index in [2.05, 4.69) is 5.32 Å². The van der Waals surface area contributed by atoms with Crippen LogP contribution in [0.4, 0.5) is 24.5 Å². The van der Waals surface area contributed by atoms with Crippen LogP contribution in [0.3, 0.4) is 0 Å². The van der Waals surface area contributed by atoms with Gasteiger partial charge in [-0.2, -0.15) is 13.2 Å². The minimum atomic E-state index is -4.88. The molecular formula is C14H18F3N3O. The Morgan fingerprint density at radius 1 is 1.05 bits per heavy atom. The van der Waals surface area contributed by atoms with Gasteiger partial charge in [-0.05, 0) is 49.9 Å². The molecule has 1 amide bonds. The molecule has 1 aliphatic carbocycles. The van der Waals surface area contributed by atoms with Crippen LogP contribution in [0.1, 0.15) is 25.7 Å². The molecule has 7 heteroatoms. The first-order valence-corrected chi connectivity index (χ1v) is 6.85. The number of alkyl halides is 3. The van der Waals surface area contributed by atoms with Crippen LogP contribution in [0.15, 0.2) is 24.3 Å². The van der Waals surface area contributed by atoms with Gasteiger partial charge >= 0.3 is 12.1 Å². The number of carbonyl (C=O) groups is 1. The molecule has 0 heterocycles. The number of nitrogens with one attached hydrogen (secondary N) is 2. The zero-order valence-electron chi connectivity index (χ0n) is 11.4. The molecule has 4 N–H and O–H groups in total. The topological polar surface area (TPSA) is 67.2 Å². The van der Waals surface area contributed by atoms with Gasteiger partial charge in [-0.3, -0.25) is 4.79 Å². The Labute approximate surface area is 120 Å². The first-order chi connectivity index (χ1) is 9.84. The van der Waals surface area contributed by atoms with Crippen molar-refractivity contribution in [3.63, 3.8) is 0 Å². The molecule has 1 saturated carbocycles. The molecular weight excluding hydrogens is 283 g/mol. The minimum absolute atomic E-state index is 0.119. The largest absolute Gasteiger partial charge is 0.471 e. The van der Waals surface area contributed by atoms with E-state index in [1.165, 1.54) is 12.1 Å². The second-order valence-corrected chi connectivity index (χ2v) is 5.29. The lowest BCUT2D eigenvalue weighted by Gasteiger charge is -2.27. The van der Waals surface area contributed by atoms with Gasteiger partial charge in [-0.15, -0.1) is 0 Å². The molecule has 0 spiro atoms. The van der Waals surface area contributed by atoms with Crippen molar-refractivity contribution in [3.05, 3.63) is 24.3 Å². The summed E-state index contributed by atoms with van der Waals surface area (Å²) in [5, 5.41) is 5.13. The van der Waals surface area contributed by atoms with Gasteiger partial charge in [0, 0.05) is 23.5 Å². The summed E-state index contributed by atoms with van der Waals surface area (Å²) >= 11 is 0. The van der Waals surface area contributed by atoms with Gasteiger partial charge in [0.2, 0.25) is 0 Å². The lowest BCUT2D eigenvalue weighted by Crippen LogP contribution is -2.32. The number of halogens is 3. The molecule has 4 nitrogen and oxygen atoms in total. The van der Waals surface area contributed by atoms with Crippen LogP contribution in [-0.4, -0.2) is 24.2 Å². The number of anilines is 2. The van der Waals surface area contributed by atoms with Gasteiger partial charge in [0.05, 0.1) is 0 Å². The maximum atomic E-state index is 12.1. The van der Waals surface area contributed by atoms with Crippen LogP contribution in [0.2, 0.25) is 0 Å². The molecule has 0 aliphatic heterocycles. The van der Waals surface area contributed by atoms with Crippen molar-refractivity contribution in [1.82, 2.24) is 0 Å². The maximum Gasteiger partial charge on any atom is 0.471 e. The molecule has 0 unspecified atom stereocenters. The highest BCUT2D eigenvalue weighted by Crippen LogP contribution is 2.23. The molecule has 1 aromatic carbocycles. The van der Waals surface area contributed by atoms with Crippen LogP contribution in [-0.2, 0) is 4.79 Å². The summed E-state index contributed by atoms with van der Waals surface area (Å²) in [6, 6.07) is 6.80. The fourth-order valence-corrected chi connectivity index (χ4v) is 2.35. The molecule has 21 heavy (non-hydrogen) atoms. The van der Waals surface area contributed by atoms with Crippen LogP contribution in [0.5, 0.6) is 0 Å². The third-order valence-corrected chi connectivity index (χ3v) is 3.54. The van der Waals surface area contributed by atoms with E-state index in [0.717, 1.165) is 31.4 Å². The van der Waals surface area contributed by atoms with Crippen molar-refractivity contribution in [3.8, 4) is 0 Å². The van der Waals surface area contributed by atoms with Crippen LogP contribution in [0, 0.1) is 0 Å². The fourth-order valence-electron chi connectivity index (χ4n) is 2.35. The van der Waals surface area contributed by atoms with Crippen molar-refractivity contribution in [2.75, 3.05) is 10.6 Å². The summed E-state index contributed by atoms with van der Waals surface area (Å²) in [7, 11) is 0. The highest BCUT2D eigenvalue weighted by molar-refractivity contribution is 5.95. The summed E-state index contributed by atoms with van der Waals surface area (Å²) in [6.07, 6.45) is -0.978. The summed E-state index contributed by atoms with van der Waals surface area (Å²) in [5.41, 5.74) is 6.77. The standard InChI is InChI=1S/C14H18F3N3O/c15-14(16,17)13(21)20-12-7-5-11(6-8-12)19-10-3-1-9(18)2-4-10/h5-10,19H,1-4,18H2,(H,20,21). The van der Waals surface area contributed by atoms with Gasteiger partial charge in [0.25, 0.3) is 0 Å². The number of hydrogen-bond acceptors (Lipinski definition) is 3. The molecule has 0 aromatic heterocycles. The SMILES string of the molecule is NC1CCC(Nc2ccc(NC(=O)C(F)(F)F)cc2)CC1. The Morgan fingerprint density at radius 2 is 1.57 bits per heavy atom. The van der Waals surface area contributed by atoms with E-state index in [1.54, 1.807) is 12.1 Å². The number of nitrogens with two attached hydrogens (primary N) is 1. The zero-order chi connectivity index (χ0) is 15.5. The van der Waals surface area contributed by atoms with Crippen molar-refractivity contribution < 1.29 is 18.0 Å². The predicted molar refractivity (Wildman–Crippen MR) is 75.0 cm³/mol. The molecule has 0 saturated heterocycles. The second kappa shape index (κ2) is 6.34. The lowest BCUT2D eigenvalue weighted by atomic mass is 9.92. The fraction of sp³-hybridized carbons (Fsp3) is 0.500. The number of hydrogen-bond donors (Lipinski definition) is 3. The summed E-state index contributed by atoms with van der Waals surface area (Å²) < 4.78 is 36.4. The normalized spacial score (nSPS) is 22.7. The third kappa shape index (κ3) is 4.63. The third-order valence-electron chi connectivity index (χ3n) is 3.54. The average molecular weight is 301 g/mol. The van der Waals surface area contributed by atoms with Gasteiger partial charge in [-0.25, -0.2) is 0 Å². The van der Waals surface area contributed by atoms with Crippen molar-refractivity contribution in [2.24, 2.45) is 5.73 Å². The summed E-state index contributed by atoms with van der Waals surface area (Å²) in [4.78, 5) is 10.8. The molecule has 1 fully saturated rings. The second-order valence-electron chi connectivity index (χ2n) is 5.29. The van der Waals surface area contributed by atoms with E-state index in [1.807, 2.05) is 5.32 Å². The van der Waals surface area contributed by atoms with Gasteiger partial charge in [0.15, 0.2) is 0 Å². The minimum Gasteiger partial charge on any atom is -0.382 e. The first kappa shape index (κ1) is 15.6. The van der Waals surface area contributed by atoms with Crippen LogP contribution >= 0.6 is 0 Å². The Kier molecular flexibility index (Phi) is 4.72. The Morgan fingerprint density at radius 3 is 2.10 bits per heavy atom. The smallest absolute Gasteiger partial charge is 0.382 e. The number of rotatable bonds is 3. The summed E-state index contributed by atoms with van der Waals surface area (Å²) in [5.74, 6) is -1.97.